The monoisotopic (exact) mass is 244 g/mol. The maximum absolute atomic E-state index is 9.68. The summed E-state index contributed by atoms with van der Waals surface area (Å²) >= 11 is 2.98. The first-order chi connectivity index (χ1) is 6.10. The topological polar surface area (TPSA) is 67.8 Å². The molecular formula is C9H13BrN2O. The van der Waals surface area contributed by atoms with E-state index in [1.54, 1.807) is 6.07 Å². The fraction of sp³-hybridized carbons (Fsp3) is 0.778. The Bertz CT molecular complexity index is 231. The third-order valence-corrected chi connectivity index (χ3v) is 2.85. The summed E-state index contributed by atoms with van der Waals surface area (Å²) in [6.45, 7) is 2.04. The molecule has 0 radical (unpaired) electrons. The Morgan fingerprint density at radius 3 is 2.46 bits per heavy atom. The van der Waals surface area contributed by atoms with Gasteiger partial charge >= 0.3 is 0 Å². The molecule has 2 atom stereocenters. The first-order valence-electron chi connectivity index (χ1n) is 4.28. The molecule has 4 heteroatoms. The molecule has 3 nitrogen and oxygen atoms in total. The van der Waals surface area contributed by atoms with Crippen LogP contribution in [0.15, 0.2) is 0 Å². The molecule has 0 aromatic heterocycles. The minimum atomic E-state index is -1.54. The van der Waals surface area contributed by atoms with E-state index in [4.69, 9.17) is 10.5 Å². The molecule has 0 heterocycles. The lowest BCUT2D eigenvalue weighted by Gasteiger charge is -2.20. The number of aliphatic hydroxyl groups is 1. The van der Waals surface area contributed by atoms with Gasteiger partial charge in [0.1, 0.15) is 4.83 Å². The van der Waals surface area contributed by atoms with Gasteiger partial charge < -0.3 is 5.11 Å². The van der Waals surface area contributed by atoms with Crippen molar-refractivity contribution in [3.05, 3.63) is 0 Å². The summed E-state index contributed by atoms with van der Waals surface area (Å²) in [4.78, 5) is -0.804. The van der Waals surface area contributed by atoms with E-state index in [0.29, 0.717) is 6.42 Å². The van der Waals surface area contributed by atoms with E-state index in [9.17, 15) is 5.11 Å². The van der Waals surface area contributed by atoms with Crippen LogP contribution in [0.5, 0.6) is 0 Å². The van der Waals surface area contributed by atoms with Gasteiger partial charge in [0.25, 0.3) is 0 Å². The largest absolute Gasteiger partial charge is 0.373 e. The van der Waals surface area contributed by atoms with Crippen LogP contribution >= 0.6 is 15.9 Å². The van der Waals surface area contributed by atoms with Crippen LogP contribution in [0.1, 0.15) is 32.6 Å². The second-order valence-electron chi connectivity index (χ2n) is 2.98. The normalized spacial score (nSPS) is 16.7. The van der Waals surface area contributed by atoms with Gasteiger partial charge in [-0.25, -0.2) is 0 Å². The summed E-state index contributed by atoms with van der Waals surface area (Å²) in [5, 5.41) is 26.9. The van der Waals surface area contributed by atoms with Gasteiger partial charge in [-0.15, -0.1) is 0 Å². The zero-order valence-electron chi connectivity index (χ0n) is 7.63. The molecule has 13 heavy (non-hydrogen) atoms. The maximum atomic E-state index is 9.68. The van der Waals surface area contributed by atoms with Crippen molar-refractivity contribution in [1.82, 2.24) is 0 Å². The van der Waals surface area contributed by atoms with E-state index in [1.807, 2.05) is 13.0 Å². The van der Waals surface area contributed by atoms with Crippen LogP contribution in [-0.4, -0.2) is 15.5 Å². The lowest BCUT2D eigenvalue weighted by Crippen LogP contribution is -2.36. The second-order valence-corrected chi connectivity index (χ2v) is 3.90. The molecule has 0 aliphatic carbocycles. The quantitative estimate of drug-likeness (QED) is 0.458. The first-order valence-corrected chi connectivity index (χ1v) is 5.19. The molecule has 0 bridgehead atoms. The van der Waals surface area contributed by atoms with E-state index < -0.39 is 10.4 Å². The maximum Gasteiger partial charge on any atom is 0.176 e. The van der Waals surface area contributed by atoms with Crippen molar-refractivity contribution in [1.29, 1.82) is 10.5 Å². The van der Waals surface area contributed by atoms with Crippen LogP contribution in [0.25, 0.3) is 0 Å². The van der Waals surface area contributed by atoms with Crippen LogP contribution in [-0.2, 0) is 0 Å². The highest BCUT2D eigenvalue weighted by Gasteiger charge is 2.34. The van der Waals surface area contributed by atoms with Crippen LogP contribution in [0, 0.1) is 22.7 Å². The van der Waals surface area contributed by atoms with E-state index in [-0.39, 0.29) is 0 Å². The highest BCUT2D eigenvalue weighted by molar-refractivity contribution is 9.09. The van der Waals surface area contributed by atoms with E-state index >= 15 is 0 Å². The Kier molecular flexibility index (Phi) is 5.70. The average molecular weight is 245 g/mol. The minimum Gasteiger partial charge on any atom is -0.373 e. The number of nitriles is 2. The summed E-state index contributed by atoms with van der Waals surface area (Å²) in [6, 6.07) is 3.60. The van der Waals surface area contributed by atoms with Crippen molar-refractivity contribution in [2.75, 3.05) is 0 Å². The molecule has 0 saturated carbocycles. The fourth-order valence-corrected chi connectivity index (χ4v) is 1.32. The van der Waals surface area contributed by atoms with Crippen molar-refractivity contribution in [3.8, 4) is 12.1 Å². The minimum absolute atomic E-state index is 0.348. The number of hydrogen-bond donors (Lipinski definition) is 1. The molecule has 0 fully saturated rings. The Balaban J connectivity index is 4.16. The summed E-state index contributed by atoms with van der Waals surface area (Å²) in [5.74, 6) is 0. The zero-order valence-corrected chi connectivity index (χ0v) is 9.21. The van der Waals surface area contributed by atoms with Gasteiger partial charge in [-0.05, 0) is 12.8 Å². The van der Waals surface area contributed by atoms with Gasteiger partial charge in [0.05, 0.1) is 12.1 Å². The van der Waals surface area contributed by atoms with E-state index in [0.717, 1.165) is 19.3 Å². The Hall–Kier alpha value is -0.580. The molecule has 1 N–H and O–H groups in total. The van der Waals surface area contributed by atoms with Gasteiger partial charge in [-0.1, -0.05) is 35.7 Å². The predicted molar refractivity (Wildman–Crippen MR) is 53.0 cm³/mol. The van der Waals surface area contributed by atoms with E-state index in [1.165, 1.54) is 0 Å². The van der Waals surface area contributed by atoms with Gasteiger partial charge in [0, 0.05) is 0 Å². The molecule has 0 aromatic carbocycles. The molecule has 0 rings (SSSR count). The predicted octanol–water partition coefficient (Wildman–Crippen LogP) is 2.11. The van der Waals surface area contributed by atoms with Gasteiger partial charge in [0.2, 0.25) is 0 Å². The molecule has 72 valence electrons. The van der Waals surface area contributed by atoms with Crippen LogP contribution in [0.3, 0.4) is 0 Å². The average Bonchev–Trinajstić information content (AvgIpc) is 2.16. The zero-order chi connectivity index (χ0) is 10.3. The van der Waals surface area contributed by atoms with Crippen molar-refractivity contribution >= 4 is 15.9 Å². The molecule has 0 aliphatic heterocycles. The number of unbranched alkanes of at least 4 members (excludes halogenated alkanes) is 2. The van der Waals surface area contributed by atoms with Crippen molar-refractivity contribution in [2.45, 2.75) is 43.0 Å². The smallest absolute Gasteiger partial charge is 0.176 e. The van der Waals surface area contributed by atoms with Crippen molar-refractivity contribution in [3.63, 3.8) is 0 Å². The van der Waals surface area contributed by atoms with E-state index in [2.05, 4.69) is 15.9 Å². The molecule has 0 aliphatic rings. The van der Waals surface area contributed by atoms with Gasteiger partial charge in [-0.3, -0.25) is 0 Å². The third kappa shape index (κ3) is 3.76. The highest BCUT2D eigenvalue weighted by atomic mass is 79.9. The lowest BCUT2D eigenvalue weighted by atomic mass is 9.95. The third-order valence-electron chi connectivity index (χ3n) is 1.89. The molecule has 0 saturated heterocycles. The van der Waals surface area contributed by atoms with Crippen LogP contribution in [0.2, 0.25) is 0 Å². The van der Waals surface area contributed by atoms with Crippen molar-refractivity contribution < 1.29 is 5.11 Å². The fourth-order valence-electron chi connectivity index (χ4n) is 0.991. The second kappa shape index (κ2) is 5.96. The summed E-state index contributed by atoms with van der Waals surface area (Å²) in [6.07, 6.45) is 3.11. The Labute approximate surface area is 87.1 Å². The van der Waals surface area contributed by atoms with Crippen LogP contribution < -0.4 is 0 Å². The summed E-state index contributed by atoms with van der Waals surface area (Å²) in [5.41, 5.74) is -1.54. The first kappa shape index (κ1) is 12.4. The molecular weight excluding hydrogens is 232 g/mol. The standard InChI is InChI=1S/C9H13BrN2O/c1-2-3-4-5-9(13,7-12)8(10)6-11/h8,13H,2-5H2,1H3. The number of halogens is 1. The number of hydrogen-bond acceptors (Lipinski definition) is 3. The Morgan fingerprint density at radius 2 is 2.08 bits per heavy atom. The van der Waals surface area contributed by atoms with Gasteiger partial charge in [0.15, 0.2) is 5.60 Å². The SMILES string of the molecule is CCCCCC(O)(C#N)C(Br)C#N. The Morgan fingerprint density at radius 1 is 1.46 bits per heavy atom. The summed E-state index contributed by atoms with van der Waals surface area (Å²) < 4.78 is 0. The molecule has 0 amide bonds. The van der Waals surface area contributed by atoms with Gasteiger partial charge in [-0.2, -0.15) is 10.5 Å². The molecule has 0 aromatic rings. The lowest BCUT2D eigenvalue weighted by molar-refractivity contribution is 0.0980. The van der Waals surface area contributed by atoms with Crippen LogP contribution in [0.4, 0.5) is 0 Å². The molecule has 2 unspecified atom stereocenters. The van der Waals surface area contributed by atoms with Crippen molar-refractivity contribution in [2.24, 2.45) is 0 Å². The summed E-state index contributed by atoms with van der Waals surface area (Å²) in [7, 11) is 0. The molecule has 0 spiro atoms. The number of nitrogens with zero attached hydrogens (tertiary/aromatic N) is 2. The number of rotatable bonds is 5. The number of alkyl halides is 1. The highest BCUT2D eigenvalue weighted by Crippen LogP contribution is 2.23.